The SMILES string of the molecule is CCNC(=NCc1cccc(NC(=O)Cn2cccn2)c1)NC(C)COC.I. The van der Waals surface area contributed by atoms with Crippen LogP contribution < -0.4 is 16.0 Å². The van der Waals surface area contributed by atoms with Gasteiger partial charge in [0.1, 0.15) is 6.54 Å². The fourth-order valence-electron chi connectivity index (χ4n) is 2.50. The summed E-state index contributed by atoms with van der Waals surface area (Å²) in [5.74, 6) is 0.609. The van der Waals surface area contributed by atoms with Crippen molar-refractivity contribution in [3.8, 4) is 0 Å². The molecule has 1 amide bonds. The monoisotopic (exact) mass is 500 g/mol. The fraction of sp³-hybridized carbons (Fsp3) is 0.421. The number of amides is 1. The lowest BCUT2D eigenvalue weighted by molar-refractivity contribution is -0.116. The zero-order valence-corrected chi connectivity index (χ0v) is 18.8. The lowest BCUT2D eigenvalue weighted by Crippen LogP contribution is -2.43. The van der Waals surface area contributed by atoms with Crippen molar-refractivity contribution < 1.29 is 9.53 Å². The average Bonchev–Trinajstić information content (AvgIpc) is 3.13. The lowest BCUT2D eigenvalue weighted by atomic mass is 10.2. The van der Waals surface area contributed by atoms with E-state index in [1.165, 1.54) is 0 Å². The van der Waals surface area contributed by atoms with Crippen LogP contribution in [0.3, 0.4) is 0 Å². The lowest BCUT2D eigenvalue weighted by Gasteiger charge is -2.17. The Morgan fingerprint density at radius 1 is 1.36 bits per heavy atom. The molecule has 1 atom stereocenters. The summed E-state index contributed by atoms with van der Waals surface area (Å²) in [6, 6.07) is 9.61. The van der Waals surface area contributed by atoms with Crippen molar-refractivity contribution in [2.24, 2.45) is 4.99 Å². The van der Waals surface area contributed by atoms with Gasteiger partial charge in [0, 0.05) is 37.8 Å². The second-order valence-corrected chi connectivity index (χ2v) is 6.15. The molecule has 0 aliphatic rings. The Hall–Kier alpha value is -2.14. The van der Waals surface area contributed by atoms with Crippen molar-refractivity contribution in [1.82, 2.24) is 20.4 Å². The van der Waals surface area contributed by atoms with Gasteiger partial charge in [0.05, 0.1) is 13.2 Å². The Bertz CT molecular complexity index is 736. The number of benzene rings is 1. The Morgan fingerprint density at radius 3 is 2.86 bits per heavy atom. The largest absolute Gasteiger partial charge is 0.383 e. The van der Waals surface area contributed by atoms with Gasteiger partial charge in [0.25, 0.3) is 0 Å². The summed E-state index contributed by atoms with van der Waals surface area (Å²) >= 11 is 0. The number of aliphatic imine (C=N–C) groups is 1. The van der Waals surface area contributed by atoms with Crippen LogP contribution in [0.1, 0.15) is 19.4 Å². The summed E-state index contributed by atoms with van der Waals surface area (Å²) in [5, 5.41) is 13.4. The predicted octanol–water partition coefficient (Wildman–Crippen LogP) is 2.23. The topological polar surface area (TPSA) is 92.6 Å². The number of aromatic nitrogens is 2. The molecule has 0 bridgehead atoms. The van der Waals surface area contributed by atoms with Gasteiger partial charge in [-0.15, -0.1) is 24.0 Å². The van der Waals surface area contributed by atoms with Crippen LogP contribution in [0.15, 0.2) is 47.7 Å². The standard InChI is InChI=1S/C19H28N6O2.HI/c1-4-20-19(23-15(2)14-27-3)21-12-16-7-5-8-17(11-16)24-18(26)13-25-10-6-9-22-25;/h5-11,15H,4,12-14H2,1-3H3,(H,24,26)(H2,20,21,23);1H. The molecule has 9 heteroatoms. The maximum absolute atomic E-state index is 12.1. The molecule has 1 aromatic carbocycles. The fourth-order valence-corrected chi connectivity index (χ4v) is 2.50. The molecule has 0 spiro atoms. The van der Waals surface area contributed by atoms with E-state index in [0.29, 0.717) is 13.2 Å². The van der Waals surface area contributed by atoms with Gasteiger partial charge in [-0.1, -0.05) is 12.1 Å². The predicted molar refractivity (Wildman–Crippen MR) is 122 cm³/mol. The molecule has 1 aromatic heterocycles. The normalized spacial score (nSPS) is 12.0. The van der Waals surface area contributed by atoms with Gasteiger partial charge in [-0.05, 0) is 37.6 Å². The molecule has 2 rings (SSSR count). The third-order valence-corrected chi connectivity index (χ3v) is 3.64. The van der Waals surface area contributed by atoms with E-state index in [-0.39, 0.29) is 42.5 Å². The van der Waals surface area contributed by atoms with E-state index in [0.717, 1.165) is 23.8 Å². The van der Waals surface area contributed by atoms with Gasteiger partial charge >= 0.3 is 0 Å². The summed E-state index contributed by atoms with van der Waals surface area (Å²) in [5.41, 5.74) is 1.74. The number of carbonyl (C=O) groups excluding carboxylic acids is 1. The molecule has 0 radical (unpaired) electrons. The number of nitrogens with one attached hydrogen (secondary N) is 3. The zero-order chi connectivity index (χ0) is 19.5. The minimum absolute atomic E-state index is 0. The zero-order valence-electron chi connectivity index (χ0n) is 16.5. The first-order valence-electron chi connectivity index (χ1n) is 9.00. The quantitative estimate of drug-likeness (QED) is 0.279. The van der Waals surface area contributed by atoms with Crippen molar-refractivity contribution in [3.05, 3.63) is 48.3 Å². The third kappa shape index (κ3) is 8.70. The average molecular weight is 500 g/mol. The van der Waals surface area contributed by atoms with Crippen molar-refractivity contribution in [2.45, 2.75) is 33.0 Å². The van der Waals surface area contributed by atoms with Gasteiger partial charge in [0.15, 0.2) is 5.96 Å². The van der Waals surface area contributed by atoms with E-state index in [1.54, 1.807) is 30.3 Å². The van der Waals surface area contributed by atoms with Gasteiger partial charge in [-0.25, -0.2) is 4.99 Å². The second-order valence-electron chi connectivity index (χ2n) is 6.15. The van der Waals surface area contributed by atoms with Crippen molar-refractivity contribution in [3.63, 3.8) is 0 Å². The number of ether oxygens (including phenoxy) is 1. The van der Waals surface area contributed by atoms with Crippen LogP contribution in [0.4, 0.5) is 5.69 Å². The van der Waals surface area contributed by atoms with Crippen molar-refractivity contribution >= 4 is 41.5 Å². The highest BCUT2D eigenvalue weighted by molar-refractivity contribution is 14.0. The van der Waals surface area contributed by atoms with Gasteiger partial charge in [-0.2, -0.15) is 5.10 Å². The van der Waals surface area contributed by atoms with Crippen LogP contribution in [-0.4, -0.2) is 48.0 Å². The van der Waals surface area contributed by atoms with Gasteiger partial charge in [0.2, 0.25) is 5.91 Å². The maximum Gasteiger partial charge on any atom is 0.246 e. The molecule has 0 saturated carbocycles. The molecule has 8 nitrogen and oxygen atoms in total. The van der Waals surface area contributed by atoms with E-state index in [4.69, 9.17) is 4.74 Å². The van der Waals surface area contributed by atoms with Crippen LogP contribution >= 0.6 is 24.0 Å². The number of nitrogens with zero attached hydrogens (tertiary/aromatic N) is 3. The molecule has 3 N–H and O–H groups in total. The van der Waals surface area contributed by atoms with Crippen LogP contribution in [0.2, 0.25) is 0 Å². The number of rotatable bonds is 9. The second kappa shape index (κ2) is 13.1. The summed E-state index contributed by atoms with van der Waals surface area (Å²) in [4.78, 5) is 16.7. The highest BCUT2D eigenvalue weighted by Gasteiger charge is 2.06. The van der Waals surface area contributed by atoms with Crippen LogP contribution in [-0.2, 0) is 22.6 Å². The van der Waals surface area contributed by atoms with Crippen molar-refractivity contribution in [2.75, 3.05) is 25.6 Å². The Morgan fingerprint density at radius 2 is 2.18 bits per heavy atom. The van der Waals surface area contributed by atoms with E-state index in [9.17, 15) is 4.79 Å². The number of carbonyl (C=O) groups is 1. The Labute approximate surface area is 183 Å². The Balaban J connectivity index is 0.00000392. The molecule has 0 fully saturated rings. The summed E-state index contributed by atoms with van der Waals surface area (Å²) in [7, 11) is 1.67. The minimum atomic E-state index is -0.122. The summed E-state index contributed by atoms with van der Waals surface area (Å²) in [6.07, 6.45) is 3.40. The van der Waals surface area contributed by atoms with E-state index in [2.05, 4.69) is 26.0 Å². The molecule has 1 heterocycles. The van der Waals surface area contributed by atoms with Crippen LogP contribution in [0.5, 0.6) is 0 Å². The molecular formula is C19H29IN6O2. The van der Waals surface area contributed by atoms with E-state index < -0.39 is 0 Å². The highest BCUT2D eigenvalue weighted by atomic mass is 127. The summed E-state index contributed by atoms with van der Waals surface area (Å²) < 4.78 is 6.73. The number of guanidine groups is 1. The van der Waals surface area contributed by atoms with E-state index in [1.807, 2.05) is 38.1 Å². The molecule has 0 aliphatic heterocycles. The first kappa shape index (κ1) is 23.9. The third-order valence-electron chi connectivity index (χ3n) is 3.64. The maximum atomic E-state index is 12.1. The molecule has 28 heavy (non-hydrogen) atoms. The number of methoxy groups -OCH3 is 1. The molecule has 0 aliphatic carbocycles. The Kier molecular flexibility index (Phi) is 11.2. The smallest absolute Gasteiger partial charge is 0.246 e. The number of anilines is 1. The summed E-state index contributed by atoms with van der Waals surface area (Å²) in [6.45, 7) is 6.11. The molecular weight excluding hydrogens is 471 g/mol. The highest BCUT2D eigenvalue weighted by Crippen LogP contribution is 2.12. The molecule has 2 aromatic rings. The first-order chi connectivity index (χ1) is 13.1. The molecule has 154 valence electrons. The van der Waals surface area contributed by atoms with Crippen molar-refractivity contribution in [1.29, 1.82) is 0 Å². The van der Waals surface area contributed by atoms with Gasteiger partial charge in [-0.3, -0.25) is 9.48 Å². The van der Waals surface area contributed by atoms with Gasteiger partial charge < -0.3 is 20.7 Å². The minimum Gasteiger partial charge on any atom is -0.383 e. The first-order valence-corrected chi connectivity index (χ1v) is 9.00. The number of hydrogen-bond acceptors (Lipinski definition) is 4. The number of halogens is 1. The number of hydrogen-bond donors (Lipinski definition) is 3. The molecule has 0 saturated heterocycles. The molecule has 1 unspecified atom stereocenters. The van der Waals surface area contributed by atoms with Crippen LogP contribution in [0, 0.1) is 0 Å². The van der Waals surface area contributed by atoms with E-state index >= 15 is 0 Å². The van der Waals surface area contributed by atoms with Crippen LogP contribution in [0.25, 0.3) is 0 Å².